The number of halogens is 1. The highest BCUT2D eigenvalue weighted by Crippen LogP contribution is 2.26. The van der Waals surface area contributed by atoms with Gasteiger partial charge in [0.25, 0.3) is 0 Å². The zero-order valence-electron chi connectivity index (χ0n) is 14.2. The zero-order chi connectivity index (χ0) is 17.4. The molecular formula is C18H23ClN4O. The van der Waals surface area contributed by atoms with Gasteiger partial charge in [0, 0.05) is 36.9 Å². The Labute approximate surface area is 148 Å². The molecule has 0 aliphatic heterocycles. The van der Waals surface area contributed by atoms with Crippen LogP contribution in [-0.2, 0) is 11.3 Å². The van der Waals surface area contributed by atoms with E-state index < -0.39 is 0 Å². The molecular weight excluding hydrogens is 324 g/mol. The van der Waals surface area contributed by atoms with Gasteiger partial charge in [0.05, 0.1) is 12.7 Å². The van der Waals surface area contributed by atoms with E-state index in [1.165, 1.54) is 0 Å². The Kier molecular flexibility index (Phi) is 7.26. The lowest BCUT2D eigenvalue weighted by Crippen LogP contribution is -2.21. The molecule has 1 aromatic heterocycles. The summed E-state index contributed by atoms with van der Waals surface area (Å²) in [4.78, 5) is 6.58. The third kappa shape index (κ3) is 5.34. The molecule has 0 spiro atoms. The van der Waals surface area contributed by atoms with E-state index in [-0.39, 0.29) is 6.10 Å². The Morgan fingerprint density at radius 1 is 1.33 bits per heavy atom. The van der Waals surface area contributed by atoms with Crippen LogP contribution < -0.4 is 0 Å². The average molecular weight is 347 g/mol. The molecule has 1 heterocycles. The molecule has 6 heteroatoms. The largest absolute Gasteiger partial charge is 0.364 e. The van der Waals surface area contributed by atoms with Crippen molar-refractivity contribution in [3.63, 3.8) is 0 Å². The molecule has 0 aliphatic carbocycles. The van der Waals surface area contributed by atoms with Gasteiger partial charge in [0.1, 0.15) is 11.9 Å². The molecule has 0 aliphatic rings. The minimum absolute atomic E-state index is 0.251. The maximum atomic E-state index is 8.73. The number of aromatic nitrogens is 2. The van der Waals surface area contributed by atoms with Gasteiger partial charge in [-0.15, -0.1) is 0 Å². The van der Waals surface area contributed by atoms with Crippen molar-refractivity contribution in [1.29, 1.82) is 5.26 Å². The van der Waals surface area contributed by atoms with E-state index in [9.17, 15) is 0 Å². The second-order valence-electron chi connectivity index (χ2n) is 5.85. The van der Waals surface area contributed by atoms with Crippen molar-refractivity contribution < 1.29 is 4.74 Å². The van der Waals surface area contributed by atoms with Gasteiger partial charge in [0.2, 0.25) is 0 Å². The van der Waals surface area contributed by atoms with Gasteiger partial charge in [-0.2, -0.15) is 5.26 Å². The van der Waals surface area contributed by atoms with Gasteiger partial charge < -0.3 is 14.2 Å². The van der Waals surface area contributed by atoms with E-state index in [1.807, 2.05) is 44.6 Å². The Morgan fingerprint density at radius 3 is 2.75 bits per heavy atom. The van der Waals surface area contributed by atoms with E-state index in [0.717, 1.165) is 30.9 Å². The number of rotatable bonds is 9. The quantitative estimate of drug-likeness (QED) is 0.652. The second kappa shape index (κ2) is 9.43. The van der Waals surface area contributed by atoms with Crippen molar-refractivity contribution in [2.45, 2.75) is 25.5 Å². The maximum Gasteiger partial charge on any atom is 0.142 e. The summed E-state index contributed by atoms with van der Waals surface area (Å²) in [5.74, 6) is 0.856. The standard InChI is InChI=1S/C18H23ClN4O/c1-22(2)13-14-24-17(15-5-7-16(19)8-6-15)18-21-10-12-23(18)11-4-3-9-20/h5-8,10,12,17H,3-4,11,13-14H2,1-2H3. The lowest BCUT2D eigenvalue weighted by molar-refractivity contribution is 0.0611. The lowest BCUT2D eigenvalue weighted by atomic mass is 10.1. The fourth-order valence-electron chi connectivity index (χ4n) is 2.39. The first-order valence-electron chi connectivity index (χ1n) is 8.01. The third-order valence-electron chi connectivity index (χ3n) is 3.67. The van der Waals surface area contributed by atoms with Crippen LogP contribution >= 0.6 is 11.6 Å². The highest BCUT2D eigenvalue weighted by molar-refractivity contribution is 6.30. The Bertz CT molecular complexity index is 660. The van der Waals surface area contributed by atoms with Gasteiger partial charge in [-0.1, -0.05) is 23.7 Å². The maximum absolute atomic E-state index is 8.73. The van der Waals surface area contributed by atoms with Gasteiger partial charge >= 0.3 is 0 Å². The predicted octanol–water partition coefficient (Wildman–Crippen LogP) is 3.51. The number of ether oxygens (including phenoxy) is 1. The van der Waals surface area contributed by atoms with E-state index in [0.29, 0.717) is 18.1 Å². The van der Waals surface area contributed by atoms with Crippen LogP contribution in [0.15, 0.2) is 36.7 Å². The lowest BCUT2D eigenvalue weighted by Gasteiger charge is -2.21. The molecule has 0 bridgehead atoms. The van der Waals surface area contributed by atoms with Crippen LogP contribution in [0.25, 0.3) is 0 Å². The van der Waals surface area contributed by atoms with E-state index in [2.05, 4.69) is 20.5 Å². The van der Waals surface area contributed by atoms with Gasteiger partial charge in [-0.05, 0) is 38.2 Å². The summed E-state index contributed by atoms with van der Waals surface area (Å²) in [5, 5.41) is 9.43. The summed E-state index contributed by atoms with van der Waals surface area (Å²) in [6, 6.07) is 9.84. The summed E-state index contributed by atoms with van der Waals surface area (Å²) >= 11 is 6.00. The minimum Gasteiger partial charge on any atom is -0.364 e. The molecule has 2 rings (SSSR count). The van der Waals surface area contributed by atoms with E-state index in [1.54, 1.807) is 6.20 Å². The van der Waals surface area contributed by atoms with Crippen molar-refractivity contribution in [2.24, 2.45) is 0 Å². The first-order chi connectivity index (χ1) is 11.6. The number of nitriles is 1. The number of unbranched alkanes of at least 4 members (excludes halogenated alkanes) is 1. The normalized spacial score (nSPS) is 12.3. The number of hydrogen-bond acceptors (Lipinski definition) is 4. The monoisotopic (exact) mass is 346 g/mol. The molecule has 0 amide bonds. The molecule has 0 radical (unpaired) electrons. The van der Waals surface area contributed by atoms with Crippen molar-refractivity contribution in [3.05, 3.63) is 53.1 Å². The zero-order valence-corrected chi connectivity index (χ0v) is 14.9. The van der Waals surface area contributed by atoms with Crippen molar-refractivity contribution in [3.8, 4) is 6.07 Å². The number of imidazole rings is 1. The Hall–Kier alpha value is -1.87. The molecule has 0 fully saturated rings. The van der Waals surface area contributed by atoms with Crippen LogP contribution in [0, 0.1) is 11.3 Å². The molecule has 5 nitrogen and oxygen atoms in total. The highest BCUT2D eigenvalue weighted by atomic mass is 35.5. The molecule has 0 saturated carbocycles. The summed E-state index contributed by atoms with van der Waals surface area (Å²) in [7, 11) is 4.03. The number of aryl methyl sites for hydroxylation is 1. The average Bonchev–Trinajstić information content (AvgIpc) is 3.01. The molecule has 0 saturated heterocycles. The molecule has 1 atom stereocenters. The van der Waals surface area contributed by atoms with Crippen LogP contribution in [-0.4, -0.2) is 41.7 Å². The third-order valence-corrected chi connectivity index (χ3v) is 3.92. The summed E-state index contributed by atoms with van der Waals surface area (Å²) in [5.41, 5.74) is 1.02. The Morgan fingerprint density at radius 2 is 2.08 bits per heavy atom. The van der Waals surface area contributed by atoms with Gasteiger partial charge in [-0.25, -0.2) is 4.98 Å². The molecule has 1 aromatic carbocycles. The van der Waals surface area contributed by atoms with Crippen LogP contribution in [0.2, 0.25) is 5.02 Å². The SMILES string of the molecule is CN(C)CCOC(c1ccc(Cl)cc1)c1nccn1CCCC#N. The molecule has 24 heavy (non-hydrogen) atoms. The highest BCUT2D eigenvalue weighted by Gasteiger charge is 2.20. The molecule has 2 aromatic rings. The smallest absolute Gasteiger partial charge is 0.142 e. The van der Waals surface area contributed by atoms with Gasteiger partial charge in [0.15, 0.2) is 0 Å². The van der Waals surface area contributed by atoms with Crippen molar-refractivity contribution in [2.75, 3.05) is 27.2 Å². The predicted molar refractivity (Wildman–Crippen MR) is 94.9 cm³/mol. The number of hydrogen-bond donors (Lipinski definition) is 0. The molecule has 1 unspecified atom stereocenters. The van der Waals surface area contributed by atoms with Gasteiger partial charge in [-0.3, -0.25) is 0 Å². The Balaban J connectivity index is 2.20. The van der Waals surface area contributed by atoms with E-state index >= 15 is 0 Å². The fraction of sp³-hybridized carbons (Fsp3) is 0.444. The van der Waals surface area contributed by atoms with Crippen molar-refractivity contribution in [1.82, 2.24) is 14.5 Å². The van der Waals surface area contributed by atoms with Crippen LogP contribution in [0.4, 0.5) is 0 Å². The minimum atomic E-state index is -0.251. The van der Waals surface area contributed by atoms with Crippen molar-refractivity contribution >= 4 is 11.6 Å². The first-order valence-corrected chi connectivity index (χ1v) is 8.39. The number of likely N-dealkylation sites (N-methyl/N-ethyl adjacent to an activating group) is 1. The summed E-state index contributed by atoms with van der Waals surface area (Å²) in [6.07, 6.45) is 4.79. The second-order valence-corrected chi connectivity index (χ2v) is 6.28. The fourth-order valence-corrected chi connectivity index (χ4v) is 2.51. The van der Waals surface area contributed by atoms with Crippen LogP contribution in [0.3, 0.4) is 0 Å². The summed E-state index contributed by atoms with van der Waals surface area (Å²) < 4.78 is 8.20. The van der Waals surface area contributed by atoms with Crippen LogP contribution in [0.5, 0.6) is 0 Å². The summed E-state index contributed by atoms with van der Waals surface area (Å²) in [6.45, 7) is 2.19. The molecule has 128 valence electrons. The van der Waals surface area contributed by atoms with E-state index in [4.69, 9.17) is 21.6 Å². The number of benzene rings is 1. The van der Waals surface area contributed by atoms with Crippen LogP contribution in [0.1, 0.15) is 30.3 Å². The molecule has 0 N–H and O–H groups in total. The first kappa shape index (κ1) is 18.5. The topological polar surface area (TPSA) is 54.1 Å². The number of nitrogens with zero attached hydrogens (tertiary/aromatic N) is 4.